The molecule has 0 bridgehead atoms. The van der Waals surface area contributed by atoms with E-state index >= 15 is 0 Å². The summed E-state index contributed by atoms with van der Waals surface area (Å²) >= 11 is 0. The third kappa shape index (κ3) is 7.07. The summed E-state index contributed by atoms with van der Waals surface area (Å²) in [5, 5.41) is 2.75. The monoisotopic (exact) mass is 265 g/mol. The first kappa shape index (κ1) is 15.0. The van der Waals surface area contributed by atoms with Crippen molar-refractivity contribution in [1.29, 1.82) is 0 Å². The number of H-pyrrole nitrogens is 1. The summed E-state index contributed by atoms with van der Waals surface area (Å²) in [5.74, 6) is 1.29. The molecule has 7 nitrogen and oxygen atoms in total. The largest absolute Gasteiger partial charge is 0.370 e. The zero-order valence-corrected chi connectivity index (χ0v) is 11.4. The van der Waals surface area contributed by atoms with Gasteiger partial charge in [0.2, 0.25) is 0 Å². The first-order chi connectivity index (χ1) is 9.22. The number of aromatic amines is 1. The molecule has 0 aromatic carbocycles. The minimum absolute atomic E-state index is 0.242. The minimum Gasteiger partial charge on any atom is -0.370 e. The fraction of sp³-hybridized carbons (Fsp3) is 0.583. The molecule has 0 fully saturated rings. The van der Waals surface area contributed by atoms with Crippen molar-refractivity contribution in [3.63, 3.8) is 0 Å². The maximum atomic E-state index is 5.69. The Hall–Kier alpha value is -2.05. The van der Waals surface area contributed by atoms with E-state index in [0.717, 1.165) is 12.2 Å². The first-order valence-electron chi connectivity index (χ1n) is 6.57. The average molecular weight is 265 g/mol. The number of hydrogen-bond acceptors (Lipinski definition) is 3. The van der Waals surface area contributed by atoms with Crippen molar-refractivity contribution in [2.45, 2.75) is 39.2 Å². The Kier molecular flexibility index (Phi) is 7.08. The molecule has 0 saturated heterocycles. The lowest BCUT2D eigenvalue weighted by Crippen LogP contribution is -2.41. The number of rotatable bonds is 7. The minimum atomic E-state index is 0.242. The van der Waals surface area contributed by atoms with Crippen molar-refractivity contribution < 1.29 is 0 Å². The van der Waals surface area contributed by atoms with Gasteiger partial charge in [-0.15, -0.1) is 0 Å². The second-order valence-electron chi connectivity index (χ2n) is 4.19. The molecule has 1 aromatic rings. The van der Waals surface area contributed by atoms with Crippen LogP contribution < -0.4 is 16.8 Å². The molecule has 106 valence electrons. The lowest BCUT2D eigenvalue weighted by atomic mass is 10.2. The summed E-state index contributed by atoms with van der Waals surface area (Å²) in [6.07, 6.45) is 8.07. The molecule has 0 saturated carbocycles. The van der Waals surface area contributed by atoms with E-state index in [1.807, 2.05) is 0 Å². The Morgan fingerprint density at radius 3 is 2.74 bits per heavy atom. The van der Waals surface area contributed by atoms with Crippen molar-refractivity contribution >= 4 is 11.9 Å². The van der Waals surface area contributed by atoms with Crippen LogP contribution in [-0.2, 0) is 6.54 Å². The number of guanidine groups is 2. The Morgan fingerprint density at radius 2 is 2.05 bits per heavy atom. The van der Waals surface area contributed by atoms with Crippen LogP contribution in [0.3, 0.4) is 0 Å². The SMILES string of the molecule is CCCCCCN=C(N)NC(N)=NCc1ncc[nH]1. The van der Waals surface area contributed by atoms with Crippen molar-refractivity contribution in [3.05, 3.63) is 18.2 Å². The van der Waals surface area contributed by atoms with Gasteiger partial charge in [0, 0.05) is 18.9 Å². The molecule has 0 spiro atoms. The summed E-state index contributed by atoms with van der Waals surface area (Å²) in [5.41, 5.74) is 11.4. The first-order valence-corrected chi connectivity index (χ1v) is 6.57. The third-order valence-corrected chi connectivity index (χ3v) is 2.50. The van der Waals surface area contributed by atoms with E-state index in [9.17, 15) is 0 Å². The average Bonchev–Trinajstić information content (AvgIpc) is 2.89. The van der Waals surface area contributed by atoms with Crippen LogP contribution in [0.4, 0.5) is 0 Å². The Bertz CT molecular complexity index is 394. The summed E-state index contributed by atoms with van der Waals surface area (Å²) < 4.78 is 0. The Labute approximate surface area is 113 Å². The zero-order chi connectivity index (χ0) is 13.9. The smallest absolute Gasteiger partial charge is 0.195 e. The third-order valence-electron chi connectivity index (χ3n) is 2.50. The van der Waals surface area contributed by atoms with Gasteiger partial charge in [-0.2, -0.15) is 0 Å². The molecule has 0 aliphatic rings. The van der Waals surface area contributed by atoms with Gasteiger partial charge in [-0.1, -0.05) is 26.2 Å². The molecule has 1 aromatic heterocycles. The second kappa shape index (κ2) is 8.96. The van der Waals surface area contributed by atoms with Crippen LogP contribution in [0.5, 0.6) is 0 Å². The highest BCUT2D eigenvalue weighted by Gasteiger charge is 1.96. The van der Waals surface area contributed by atoms with Gasteiger partial charge in [0.1, 0.15) is 12.4 Å². The predicted octanol–water partition coefficient (Wildman–Crippen LogP) is 0.709. The summed E-state index contributed by atoms with van der Waals surface area (Å²) in [4.78, 5) is 15.2. The Balaban J connectivity index is 2.24. The van der Waals surface area contributed by atoms with Crippen molar-refractivity contribution in [2.75, 3.05) is 6.54 Å². The molecule has 1 heterocycles. The molecular formula is C12H23N7. The van der Waals surface area contributed by atoms with Crippen LogP contribution in [0, 0.1) is 0 Å². The maximum Gasteiger partial charge on any atom is 0.195 e. The Morgan fingerprint density at radius 1 is 1.26 bits per heavy atom. The highest BCUT2D eigenvalue weighted by molar-refractivity contribution is 5.96. The molecule has 19 heavy (non-hydrogen) atoms. The van der Waals surface area contributed by atoms with Gasteiger partial charge in [-0.05, 0) is 6.42 Å². The fourth-order valence-corrected chi connectivity index (χ4v) is 1.49. The molecular weight excluding hydrogens is 242 g/mol. The topological polar surface area (TPSA) is 117 Å². The van der Waals surface area contributed by atoms with Gasteiger partial charge >= 0.3 is 0 Å². The number of aliphatic imine (C=N–C) groups is 2. The van der Waals surface area contributed by atoms with Crippen LogP contribution in [0.25, 0.3) is 0 Å². The molecule has 0 radical (unpaired) electrons. The highest BCUT2D eigenvalue weighted by Crippen LogP contribution is 1.98. The maximum absolute atomic E-state index is 5.69. The van der Waals surface area contributed by atoms with E-state index in [4.69, 9.17) is 11.5 Å². The lowest BCUT2D eigenvalue weighted by molar-refractivity contribution is 0.674. The number of nitrogens with two attached hydrogens (primary N) is 2. The standard InChI is InChI=1S/C12H23N7/c1-2-3-4-5-6-17-11(13)19-12(14)18-9-10-15-7-8-16-10/h7-8H,2-6,9H2,1H3,(H,15,16)(H5,13,14,17,18,19). The number of hydrogen-bond donors (Lipinski definition) is 4. The van der Waals surface area contributed by atoms with Gasteiger partial charge < -0.3 is 16.5 Å². The molecule has 0 aliphatic carbocycles. The molecule has 7 heteroatoms. The highest BCUT2D eigenvalue weighted by atomic mass is 15.2. The lowest BCUT2D eigenvalue weighted by Gasteiger charge is -2.04. The van der Waals surface area contributed by atoms with E-state index in [0.29, 0.717) is 19.0 Å². The molecule has 0 unspecified atom stereocenters. The van der Waals surface area contributed by atoms with Crippen LogP contribution in [0.1, 0.15) is 38.4 Å². The van der Waals surface area contributed by atoms with E-state index in [-0.39, 0.29) is 5.96 Å². The molecule has 0 amide bonds. The van der Waals surface area contributed by atoms with E-state index in [1.54, 1.807) is 12.4 Å². The van der Waals surface area contributed by atoms with Crippen LogP contribution in [0.2, 0.25) is 0 Å². The van der Waals surface area contributed by atoms with Crippen LogP contribution in [-0.4, -0.2) is 28.4 Å². The van der Waals surface area contributed by atoms with Gasteiger partial charge in [0.25, 0.3) is 0 Å². The molecule has 6 N–H and O–H groups in total. The van der Waals surface area contributed by atoms with Gasteiger partial charge in [-0.25, -0.2) is 9.98 Å². The van der Waals surface area contributed by atoms with Crippen molar-refractivity contribution in [2.24, 2.45) is 21.5 Å². The number of nitrogens with one attached hydrogen (secondary N) is 2. The summed E-state index contributed by atoms with van der Waals surface area (Å²) in [6, 6.07) is 0. The van der Waals surface area contributed by atoms with E-state index < -0.39 is 0 Å². The number of nitrogens with zero attached hydrogens (tertiary/aromatic N) is 3. The summed E-state index contributed by atoms with van der Waals surface area (Å²) in [6.45, 7) is 3.27. The van der Waals surface area contributed by atoms with Gasteiger partial charge in [0.15, 0.2) is 11.9 Å². The van der Waals surface area contributed by atoms with Crippen molar-refractivity contribution in [1.82, 2.24) is 15.3 Å². The van der Waals surface area contributed by atoms with Crippen molar-refractivity contribution in [3.8, 4) is 0 Å². The quantitative estimate of drug-likeness (QED) is 0.330. The van der Waals surface area contributed by atoms with Crippen LogP contribution >= 0.6 is 0 Å². The molecule has 0 atom stereocenters. The normalized spacial score (nSPS) is 12.7. The molecule has 0 aliphatic heterocycles. The number of unbranched alkanes of at least 4 members (excludes halogenated alkanes) is 3. The fourth-order valence-electron chi connectivity index (χ4n) is 1.49. The zero-order valence-electron chi connectivity index (χ0n) is 11.4. The van der Waals surface area contributed by atoms with Gasteiger partial charge in [-0.3, -0.25) is 10.3 Å². The number of imidazole rings is 1. The second-order valence-corrected chi connectivity index (χ2v) is 4.19. The molecule has 1 rings (SSSR count). The van der Waals surface area contributed by atoms with E-state index in [1.165, 1.54) is 19.3 Å². The van der Waals surface area contributed by atoms with Crippen LogP contribution in [0.15, 0.2) is 22.4 Å². The summed E-state index contributed by atoms with van der Waals surface area (Å²) in [7, 11) is 0. The van der Waals surface area contributed by atoms with Gasteiger partial charge in [0.05, 0.1) is 0 Å². The van der Waals surface area contributed by atoms with E-state index in [2.05, 4.69) is 32.2 Å². The number of aromatic nitrogens is 2. The predicted molar refractivity (Wildman–Crippen MR) is 77.7 cm³/mol.